The van der Waals surface area contributed by atoms with Crippen molar-refractivity contribution in [1.29, 1.82) is 0 Å². The van der Waals surface area contributed by atoms with E-state index < -0.39 is 17.6 Å². The second-order valence-electron chi connectivity index (χ2n) is 5.85. The molecule has 3 amide bonds. The molecule has 0 aliphatic rings. The van der Waals surface area contributed by atoms with E-state index in [1.54, 1.807) is 12.1 Å². The predicted octanol–water partition coefficient (Wildman–Crippen LogP) is 2.82. The van der Waals surface area contributed by atoms with Gasteiger partial charge in [0, 0.05) is 36.8 Å². The molecule has 0 radical (unpaired) electrons. The lowest BCUT2D eigenvalue weighted by Crippen LogP contribution is -2.34. The summed E-state index contributed by atoms with van der Waals surface area (Å²) in [7, 11) is 0. The first-order valence-electron chi connectivity index (χ1n) is 8.28. The lowest BCUT2D eigenvalue weighted by molar-refractivity contribution is -0.137. The fraction of sp³-hybridized carbons (Fsp3) is 0.211. The van der Waals surface area contributed by atoms with Crippen LogP contribution in [0.4, 0.5) is 18.9 Å². The van der Waals surface area contributed by atoms with E-state index in [0.717, 1.165) is 18.2 Å². The second-order valence-corrected chi connectivity index (χ2v) is 5.85. The molecule has 0 aliphatic carbocycles. The Balaban J connectivity index is 1.81. The van der Waals surface area contributed by atoms with E-state index in [4.69, 9.17) is 0 Å². The molecule has 2 rings (SSSR count). The van der Waals surface area contributed by atoms with Crippen LogP contribution in [0.15, 0.2) is 48.5 Å². The lowest BCUT2D eigenvalue weighted by atomic mass is 10.1. The molecule has 0 atom stereocenters. The van der Waals surface area contributed by atoms with Crippen molar-refractivity contribution in [2.75, 3.05) is 18.4 Å². The van der Waals surface area contributed by atoms with Crippen molar-refractivity contribution in [3.8, 4) is 0 Å². The second kappa shape index (κ2) is 9.03. The van der Waals surface area contributed by atoms with Crippen LogP contribution in [0.25, 0.3) is 0 Å². The molecule has 0 unspecified atom stereocenters. The van der Waals surface area contributed by atoms with Gasteiger partial charge in [0.25, 0.3) is 11.8 Å². The van der Waals surface area contributed by atoms with E-state index >= 15 is 0 Å². The van der Waals surface area contributed by atoms with Crippen LogP contribution < -0.4 is 16.0 Å². The van der Waals surface area contributed by atoms with Gasteiger partial charge in [0.15, 0.2) is 0 Å². The number of hydrogen-bond donors (Lipinski definition) is 3. The Morgan fingerprint density at radius 3 is 1.96 bits per heavy atom. The van der Waals surface area contributed by atoms with Gasteiger partial charge in [-0.05, 0) is 42.5 Å². The van der Waals surface area contributed by atoms with Crippen LogP contribution in [0.3, 0.4) is 0 Å². The molecule has 0 heterocycles. The Kier molecular flexibility index (Phi) is 6.75. The van der Waals surface area contributed by atoms with Crippen LogP contribution >= 0.6 is 0 Å². The molecule has 28 heavy (non-hydrogen) atoms. The predicted molar refractivity (Wildman–Crippen MR) is 96.9 cm³/mol. The van der Waals surface area contributed by atoms with Gasteiger partial charge in [-0.2, -0.15) is 13.2 Å². The van der Waals surface area contributed by atoms with Gasteiger partial charge in [-0.3, -0.25) is 14.4 Å². The van der Waals surface area contributed by atoms with Crippen molar-refractivity contribution in [1.82, 2.24) is 10.6 Å². The van der Waals surface area contributed by atoms with Gasteiger partial charge in [-0.15, -0.1) is 0 Å². The zero-order valence-electron chi connectivity index (χ0n) is 14.9. The number of anilines is 1. The van der Waals surface area contributed by atoms with Crippen molar-refractivity contribution in [3.63, 3.8) is 0 Å². The van der Waals surface area contributed by atoms with Crippen LogP contribution in [-0.4, -0.2) is 30.8 Å². The molecule has 0 saturated heterocycles. The van der Waals surface area contributed by atoms with E-state index in [-0.39, 0.29) is 30.5 Å². The van der Waals surface area contributed by atoms with Gasteiger partial charge in [0.2, 0.25) is 5.91 Å². The summed E-state index contributed by atoms with van der Waals surface area (Å²) in [5.74, 6) is -1.28. The molecule has 3 N–H and O–H groups in total. The molecular formula is C19H18F3N3O3. The highest BCUT2D eigenvalue weighted by Crippen LogP contribution is 2.29. The van der Waals surface area contributed by atoms with E-state index in [1.165, 1.54) is 25.1 Å². The number of alkyl halides is 3. The van der Waals surface area contributed by atoms with Gasteiger partial charge in [-0.1, -0.05) is 6.07 Å². The highest BCUT2D eigenvalue weighted by molar-refractivity contribution is 5.96. The first kappa shape index (κ1) is 20.9. The minimum absolute atomic E-state index is 0.0464. The van der Waals surface area contributed by atoms with Gasteiger partial charge in [0.1, 0.15) is 0 Å². The quantitative estimate of drug-likeness (QED) is 0.660. The SMILES string of the molecule is CC(=O)Nc1ccc(C(=O)NCCNC(=O)c2cccc(C(F)(F)F)c2)cc1. The van der Waals surface area contributed by atoms with E-state index in [1.807, 2.05) is 0 Å². The molecule has 0 bridgehead atoms. The summed E-state index contributed by atoms with van der Waals surface area (Å²) >= 11 is 0. The number of benzene rings is 2. The fourth-order valence-electron chi connectivity index (χ4n) is 2.30. The molecule has 148 valence electrons. The first-order valence-corrected chi connectivity index (χ1v) is 8.28. The third-order valence-corrected chi connectivity index (χ3v) is 3.62. The fourth-order valence-corrected chi connectivity index (χ4v) is 2.30. The van der Waals surface area contributed by atoms with Crippen molar-refractivity contribution >= 4 is 23.4 Å². The number of halogens is 3. The van der Waals surface area contributed by atoms with Crippen molar-refractivity contribution in [2.24, 2.45) is 0 Å². The molecule has 0 aromatic heterocycles. The normalized spacial score (nSPS) is 10.9. The maximum Gasteiger partial charge on any atom is 0.416 e. The molecule has 0 aliphatic heterocycles. The summed E-state index contributed by atoms with van der Waals surface area (Å²) in [6.07, 6.45) is -4.53. The van der Waals surface area contributed by atoms with E-state index in [2.05, 4.69) is 16.0 Å². The summed E-state index contributed by atoms with van der Waals surface area (Å²) in [5.41, 5.74) is -0.110. The van der Waals surface area contributed by atoms with Crippen molar-refractivity contribution in [3.05, 3.63) is 65.2 Å². The van der Waals surface area contributed by atoms with Crippen LogP contribution in [0.2, 0.25) is 0 Å². The molecule has 0 fully saturated rings. The van der Waals surface area contributed by atoms with Gasteiger partial charge < -0.3 is 16.0 Å². The van der Waals surface area contributed by atoms with Gasteiger partial charge >= 0.3 is 6.18 Å². The van der Waals surface area contributed by atoms with Gasteiger partial charge in [0.05, 0.1) is 5.56 Å². The number of hydrogen-bond acceptors (Lipinski definition) is 3. The minimum Gasteiger partial charge on any atom is -0.350 e. The topological polar surface area (TPSA) is 87.3 Å². The molecule has 0 saturated carbocycles. The zero-order valence-corrected chi connectivity index (χ0v) is 14.9. The smallest absolute Gasteiger partial charge is 0.350 e. The molecular weight excluding hydrogens is 375 g/mol. The maximum atomic E-state index is 12.7. The number of carbonyl (C=O) groups is 3. The summed E-state index contributed by atoms with van der Waals surface area (Å²) in [6, 6.07) is 10.3. The molecule has 6 nitrogen and oxygen atoms in total. The van der Waals surface area contributed by atoms with Crippen molar-refractivity contribution < 1.29 is 27.6 Å². The number of rotatable bonds is 6. The molecule has 0 spiro atoms. The number of amides is 3. The van der Waals surface area contributed by atoms with Crippen LogP contribution in [0, 0.1) is 0 Å². The van der Waals surface area contributed by atoms with Crippen LogP contribution in [-0.2, 0) is 11.0 Å². The minimum atomic E-state index is -4.53. The standard InChI is InChI=1S/C19H18F3N3O3/c1-12(26)25-16-7-5-13(6-8-16)17(27)23-9-10-24-18(28)14-3-2-4-15(11-14)19(20,21)22/h2-8,11H,9-10H2,1H3,(H,23,27)(H,24,28)(H,25,26). The lowest BCUT2D eigenvalue weighted by Gasteiger charge is -2.10. The molecule has 2 aromatic rings. The number of carbonyl (C=O) groups excluding carboxylic acids is 3. The Labute approximate surface area is 159 Å². The largest absolute Gasteiger partial charge is 0.416 e. The molecule has 2 aromatic carbocycles. The maximum absolute atomic E-state index is 12.7. The average molecular weight is 393 g/mol. The van der Waals surface area contributed by atoms with E-state index in [9.17, 15) is 27.6 Å². The third kappa shape index (κ3) is 6.11. The summed E-state index contributed by atoms with van der Waals surface area (Å²) in [4.78, 5) is 34.9. The van der Waals surface area contributed by atoms with Crippen LogP contribution in [0.5, 0.6) is 0 Å². The Morgan fingerprint density at radius 2 is 1.43 bits per heavy atom. The number of nitrogens with one attached hydrogen (secondary N) is 3. The Hall–Kier alpha value is -3.36. The zero-order chi connectivity index (χ0) is 20.7. The first-order chi connectivity index (χ1) is 13.2. The highest BCUT2D eigenvalue weighted by Gasteiger charge is 2.30. The van der Waals surface area contributed by atoms with Crippen molar-refractivity contribution in [2.45, 2.75) is 13.1 Å². The monoisotopic (exact) mass is 393 g/mol. The third-order valence-electron chi connectivity index (χ3n) is 3.62. The van der Waals surface area contributed by atoms with E-state index in [0.29, 0.717) is 11.3 Å². The Bertz CT molecular complexity index is 865. The summed E-state index contributed by atoms with van der Waals surface area (Å²) in [5, 5.41) is 7.60. The summed E-state index contributed by atoms with van der Waals surface area (Å²) < 4.78 is 38.0. The Morgan fingerprint density at radius 1 is 0.857 bits per heavy atom. The summed E-state index contributed by atoms with van der Waals surface area (Å²) in [6.45, 7) is 1.51. The average Bonchev–Trinajstić information content (AvgIpc) is 2.64. The highest BCUT2D eigenvalue weighted by atomic mass is 19.4. The molecule has 9 heteroatoms. The van der Waals surface area contributed by atoms with Crippen LogP contribution in [0.1, 0.15) is 33.2 Å². The van der Waals surface area contributed by atoms with Gasteiger partial charge in [-0.25, -0.2) is 0 Å².